The quantitative estimate of drug-likeness (QED) is 0.514. The van der Waals surface area contributed by atoms with Crippen molar-refractivity contribution in [3.05, 3.63) is 82.1 Å². The van der Waals surface area contributed by atoms with Gasteiger partial charge in [-0.15, -0.1) is 0 Å². The van der Waals surface area contributed by atoms with Crippen LogP contribution in [-0.4, -0.2) is 0 Å². The molecule has 0 aliphatic carbocycles. The maximum Gasteiger partial charge on any atom is 0.123 e. The van der Waals surface area contributed by atoms with Crippen molar-refractivity contribution >= 4 is 60.3 Å². The number of halogens is 2. The van der Waals surface area contributed by atoms with E-state index in [-0.39, 0.29) is 28.1 Å². The zero-order valence-corrected chi connectivity index (χ0v) is 15.7. The summed E-state index contributed by atoms with van der Waals surface area (Å²) in [5, 5.41) is 2.81. The van der Waals surface area contributed by atoms with E-state index in [9.17, 15) is 8.78 Å². The minimum Gasteiger partial charge on any atom is -0.789 e. The Balaban J connectivity index is 0.000000403. The first kappa shape index (κ1) is 22.2. The van der Waals surface area contributed by atoms with E-state index in [0.29, 0.717) is 9.81 Å². The number of rotatable bonds is 2. The van der Waals surface area contributed by atoms with Gasteiger partial charge in [0.2, 0.25) is 0 Å². The minimum absolute atomic E-state index is 0. The molecule has 0 spiro atoms. The molecule has 0 radical (unpaired) electrons. The van der Waals surface area contributed by atoms with Gasteiger partial charge in [-0.2, -0.15) is 9.81 Å². The molecule has 0 atom stereocenters. The van der Waals surface area contributed by atoms with Crippen LogP contribution in [0.2, 0.25) is 0 Å². The third-order valence-corrected chi connectivity index (χ3v) is 3.95. The van der Waals surface area contributed by atoms with Gasteiger partial charge in [0.25, 0.3) is 0 Å². The van der Waals surface area contributed by atoms with Crippen molar-refractivity contribution in [2.45, 2.75) is 0 Å². The second kappa shape index (κ2) is 11.7. The molecule has 7 heteroatoms. The van der Waals surface area contributed by atoms with Crippen LogP contribution in [0.15, 0.2) is 59.3 Å². The van der Waals surface area contributed by atoms with Crippen molar-refractivity contribution in [2.75, 3.05) is 0 Å². The minimum atomic E-state index is -0.263. The second-order valence-electron chi connectivity index (χ2n) is 3.98. The van der Waals surface area contributed by atoms with Gasteiger partial charge in [0, 0.05) is 16.5 Å². The van der Waals surface area contributed by atoms with Crippen LogP contribution in [-0.2, 0) is 67.0 Å². The first-order chi connectivity index (χ1) is 10.5. The van der Waals surface area contributed by atoms with Crippen LogP contribution in [0.4, 0.5) is 8.78 Å². The van der Waals surface area contributed by atoms with Crippen LogP contribution in [0.25, 0.3) is 9.81 Å². The molecule has 0 aromatic heterocycles. The Bertz CT molecular complexity index is 593. The number of hydrogen-bond acceptors (Lipinski definition) is 4. The van der Waals surface area contributed by atoms with Gasteiger partial charge >= 0.3 is 0 Å². The summed E-state index contributed by atoms with van der Waals surface area (Å²) in [5.41, 5.74) is 1.58. The fourth-order valence-electron chi connectivity index (χ4n) is 1.36. The topological polar surface area (TPSA) is 0 Å². The summed E-state index contributed by atoms with van der Waals surface area (Å²) in [6.45, 7) is 0. The van der Waals surface area contributed by atoms with Crippen LogP contribution in [0.5, 0.6) is 0 Å². The van der Waals surface area contributed by atoms with Gasteiger partial charge in [-0.05, 0) is 35.4 Å². The van der Waals surface area contributed by atoms with E-state index in [1.807, 2.05) is 0 Å². The molecule has 2 rings (SSSR count). The maximum atomic E-state index is 12.4. The molecular formula is C16H10F2NiS4-4. The van der Waals surface area contributed by atoms with Crippen molar-refractivity contribution in [1.29, 1.82) is 0 Å². The average molecular weight is 427 g/mol. The van der Waals surface area contributed by atoms with Crippen LogP contribution >= 0.6 is 0 Å². The Hall–Kier alpha value is -0.846. The first-order valence-corrected chi connectivity index (χ1v) is 7.74. The van der Waals surface area contributed by atoms with Crippen LogP contribution in [0.1, 0.15) is 11.1 Å². The molecule has 0 saturated carbocycles. The molecule has 23 heavy (non-hydrogen) atoms. The molecule has 0 amide bonds. The van der Waals surface area contributed by atoms with Crippen molar-refractivity contribution in [3.63, 3.8) is 0 Å². The van der Waals surface area contributed by atoms with Crippen molar-refractivity contribution in [2.24, 2.45) is 0 Å². The van der Waals surface area contributed by atoms with E-state index in [1.165, 1.54) is 35.1 Å². The SMILES string of the molecule is Fc1ccc(/C([S-])=C/[S-])cc1.Fc1ccc(/C([S-])=C/[S-])cc1.[Ni]. The molecule has 0 bridgehead atoms. The molecule has 0 aliphatic rings. The molecule has 2 aromatic carbocycles. The standard InChI is InChI=1S/2C8H7FS2.Ni/c2*9-7-3-1-6(2-4-7)8(11)5-10;/h2*1-5,10-11H;/p-4/b2*8-5-;. The Morgan fingerprint density at radius 1 is 0.652 bits per heavy atom. The van der Waals surface area contributed by atoms with E-state index in [2.05, 4.69) is 25.3 Å². The van der Waals surface area contributed by atoms with E-state index < -0.39 is 0 Å². The second-order valence-corrected chi connectivity index (χ2v) is 5.33. The zero-order chi connectivity index (χ0) is 16.5. The molecule has 0 fully saturated rings. The van der Waals surface area contributed by atoms with Crippen molar-refractivity contribution < 1.29 is 25.3 Å². The smallest absolute Gasteiger partial charge is 0.123 e. The van der Waals surface area contributed by atoms with Gasteiger partial charge in [-0.1, -0.05) is 24.3 Å². The Morgan fingerprint density at radius 2 is 0.913 bits per heavy atom. The summed E-state index contributed by atoms with van der Waals surface area (Å²) in [6, 6.07) is 11.9. The fourth-order valence-corrected chi connectivity index (χ4v) is 1.91. The summed E-state index contributed by atoms with van der Waals surface area (Å²) in [5.74, 6) is -0.526. The number of benzene rings is 2. The fraction of sp³-hybridized carbons (Fsp3) is 0. The summed E-state index contributed by atoms with van der Waals surface area (Å²) >= 11 is 19.0. The number of hydrogen-bond donors (Lipinski definition) is 0. The Morgan fingerprint density at radius 3 is 1.13 bits per heavy atom. The van der Waals surface area contributed by atoms with Crippen molar-refractivity contribution in [3.8, 4) is 0 Å². The van der Waals surface area contributed by atoms with E-state index >= 15 is 0 Å². The zero-order valence-electron chi connectivity index (χ0n) is 11.5. The van der Waals surface area contributed by atoms with Gasteiger partial charge in [0.1, 0.15) is 11.6 Å². The summed E-state index contributed by atoms with van der Waals surface area (Å²) in [7, 11) is 0. The molecular weight excluding hydrogens is 417 g/mol. The largest absolute Gasteiger partial charge is 0.789 e. The van der Waals surface area contributed by atoms with Crippen LogP contribution < -0.4 is 0 Å². The third-order valence-electron chi connectivity index (χ3n) is 2.47. The molecule has 0 nitrogen and oxygen atoms in total. The predicted octanol–water partition coefficient (Wildman–Crippen LogP) is 4.43. The normalized spacial score (nSPS) is 11.0. The van der Waals surface area contributed by atoms with Gasteiger partial charge < -0.3 is 50.5 Å². The van der Waals surface area contributed by atoms with Gasteiger partial charge in [-0.25, -0.2) is 19.6 Å². The van der Waals surface area contributed by atoms with Gasteiger partial charge in [-0.3, -0.25) is 0 Å². The maximum absolute atomic E-state index is 12.4. The molecule has 0 unspecified atom stereocenters. The summed E-state index contributed by atoms with van der Waals surface area (Å²) < 4.78 is 24.7. The molecule has 2 aromatic rings. The molecule has 0 saturated heterocycles. The summed E-state index contributed by atoms with van der Waals surface area (Å²) in [4.78, 5) is 1.14. The van der Waals surface area contributed by atoms with E-state index in [4.69, 9.17) is 25.3 Å². The summed E-state index contributed by atoms with van der Waals surface area (Å²) in [6.07, 6.45) is 0. The molecule has 126 valence electrons. The van der Waals surface area contributed by atoms with E-state index in [1.54, 1.807) is 24.3 Å². The first-order valence-electron chi connectivity index (χ1n) is 5.98. The van der Waals surface area contributed by atoms with Crippen LogP contribution in [0, 0.1) is 11.6 Å². The third kappa shape index (κ3) is 8.00. The Labute approximate surface area is 167 Å². The van der Waals surface area contributed by atoms with E-state index in [0.717, 1.165) is 11.1 Å². The van der Waals surface area contributed by atoms with Crippen molar-refractivity contribution in [1.82, 2.24) is 0 Å². The molecule has 0 heterocycles. The Kier molecular flexibility index (Phi) is 11.2. The molecule has 0 aliphatic heterocycles. The monoisotopic (exact) mass is 426 g/mol. The predicted molar refractivity (Wildman–Crippen MR) is 98.2 cm³/mol. The van der Waals surface area contributed by atoms with Crippen LogP contribution in [0.3, 0.4) is 0 Å². The van der Waals surface area contributed by atoms with Gasteiger partial charge in [0.05, 0.1) is 0 Å². The molecule has 0 N–H and O–H groups in total. The average Bonchev–Trinajstić information content (AvgIpc) is 2.55. The van der Waals surface area contributed by atoms with Gasteiger partial charge in [0.15, 0.2) is 0 Å².